The van der Waals surface area contributed by atoms with Gasteiger partial charge in [-0.05, 0) is 31.4 Å². The van der Waals surface area contributed by atoms with Crippen LogP contribution in [-0.2, 0) is 20.9 Å². The minimum Gasteiger partial charge on any atom is -0.458 e. The maximum atomic E-state index is 12.2. The molecule has 1 aromatic heterocycles. The van der Waals surface area contributed by atoms with Gasteiger partial charge in [0.15, 0.2) is 0 Å². The molecule has 0 radical (unpaired) electrons. The van der Waals surface area contributed by atoms with Crippen LogP contribution in [0.15, 0.2) is 12.1 Å². The van der Waals surface area contributed by atoms with Crippen LogP contribution in [0.5, 0.6) is 0 Å². The zero-order chi connectivity index (χ0) is 16.1. The van der Waals surface area contributed by atoms with Gasteiger partial charge in [0.2, 0.25) is 5.91 Å². The van der Waals surface area contributed by atoms with Crippen molar-refractivity contribution in [3.05, 3.63) is 28.0 Å². The summed E-state index contributed by atoms with van der Waals surface area (Å²) < 4.78 is 5.27. The first-order valence-electron chi connectivity index (χ1n) is 7.30. The predicted molar refractivity (Wildman–Crippen MR) is 83.7 cm³/mol. The Balaban J connectivity index is 1.96. The second-order valence-corrected chi connectivity index (χ2v) is 5.96. The van der Waals surface area contributed by atoms with Gasteiger partial charge in [0.25, 0.3) is 0 Å². The molecule has 1 aliphatic heterocycles. The molecular weight excluding hydrogens is 327 g/mol. The first kappa shape index (κ1) is 17.0. The van der Waals surface area contributed by atoms with Crippen molar-refractivity contribution in [2.45, 2.75) is 45.3 Å². The number of carbonyl (C=O) groups is 2. The number of carbonyl (C=O) groups excluding carboxylic acids is 2. The number of likely N-dealkylation sites (tertiary alicyclic amines) is 1. The smallest absolute Gasteiger partial charge is 0.329 e. The maximum absolute atomic E-state index is 12.2. The molecule has 0 bridgehead atoms. The van der Waals surface area contributed by atoms with Crippen molar-refractivity contribution >= 4 is 35.1 Å². The first-order valence-corrected chi connectivity index (χ1v) is 8.05. The van der Waals surface area contributed by atoms with Crippen LogP contribution in [0.2, 0.25) is 10.2 Å². The lowest BCUT2D eigenvalue weighted by Crippen LogP contribution is -2.41. The fraction of sp³-hybridized carbons (Fsp3) is 0.533. The predicted octanol–water partition coefficient (Wildman–Crippen LogP) is 3.22. The molecule has 1 atom stereocenters. The normalized spacial score (nSPS) is 17.6. The van der Waals surface area contributed by atoms with E-state index in [2.05, 4.69) is 4.98 Å². The van der Waals surface area contributed by atoms with E-state index >= 15 is 0 Å². The minimum absolute atomic E-state index is 0.000799. The number of rotatable bonds is 5. The van der Waals surface area contributed by atoms with E-state index in [1.807, 2.05) is 6.92 Å². The Labute approximate surface area is 139 Å². The van der Waals surface area contributed by atoms with E-state index in [1.165, 1.54) is 0 Å². The third kappa shape index (κ3) is 4.11. The number of hydrogen-bond donors (Lipinski definition) is 0. The quantitative estimate of drug-likeness (QED) is 0.607. The van der Waals surface area contributed by atoms with Gasteiger partial charge in [-0.25, -0.2) is 9.78 Å². The van der Waals surface area contributed by atoms with Gasteiger partial charge in [-0.1, -0.05) is 30.1 Å². The summed E-state index contributed by atoms with van der Waals surface area (Å²) in [5.41, 5.74) is 0.409. The Bertz CT molecular complexity index is 566. The van der Waals surface area contributed by atoms with E-state index in [-0.39, 0.29) is 17.7 Å². The summed E-state index contributed by atoms with van der Waals surface area (Å²) in [6.45, 7) is 2.49. The van der Waals surface area contributed by atoms with Crippen molar-refractivity contribution in [1.82, 2.24) is 9.88 Å². The Morgan fingerprint density at radius 2 is 2.18 bits per heavy atom. The van der Waals surface area contributed by atoms with E-state index < -0.39 is 12.0 Å². The van der Waals surface area contributed by atoms with E-state index in [4.69, 9.17) is 27.9 Å². The van der Waals surface area contributed by atoms with Gasteiger partial charge >= 0.3 is 5.97 Å². The van der Waals surface area contributed by atoms with Crippen LogP contribution >= 0.6 is 23.2 Å². The lowest BCUT2D eigenvalue weighted by molar-refractivity contribution is -0.154. The molecule has 0 spiro atoms. The number of halogens is 2. The number of pyridine rings is 1. The van der Waals surface area contributed by atoms with Gasteiger partial charge in [0, 0.05) is 13.0 Å². The highest BCUT2D eigenvalue weighted by Crippen LogP contribution is 2.22. The molecule has 0 aromatic carbocycles. The van der Waals surface area contributed by atoms with Gasteiger partial charge in [-0.2, -0.15) is 0 Å². The number of esters is 1. The lowest BCUT2D eigenvalue weighted by Gasteiger charge is -2.23. The Hall–Kier alpha value is -1.33. The van der Waals surface area contributed by atoms with Crippen LogP contribution in [0.4, 0.5) is 0 Å². The molecular formula is C15H18Cl2N2O3. The number of nitrogens with zero attached hydrogens (tertiary/aromatic N) is 2. The van der Waals surface area contributed by atoms with Crippen molar-refractivity contribution in [3.63, 3.8) is 0 Å². The average molecular weight is 345 g/mol. The Morgan fingerprint density at radius 3 is 2.91 bits per heavy atom. The molecule has 1 saturated heterocycles. The molecule has 2 rings (SSSR count). The molecule has 0 unspecified atom stereocenters. The van der Waals surface area contributed by atoms with Crippen molar-refractivity contribution < 1.29 is 14.3 Å². The topological polar surface area (TPSA) is 59.5 Å². The highest BCUT2D eigenvalue weighted by molar-refractivity contribution is 6.32. The first-order chi connectivity index (χ1) is 10.5. The summed E-state index contributed by atoms with van der Waals surface area (Å²) in [4.78, 5) is 29.9. The van der Waals surface area contributed by atoms with Crippen molar-refractivity contribution in [3.8, 4) is 0 Å². The number of amides is 1. The largest absolute Gasteiger partial charge is 0.458 e. The van der Waals surface area contributed by atoms with Crippen LogP contribution in [-0.4, -0.2) is 34.3 Å². The molecule has 1 fully saturated rings. The fourth-order valence-corrected chi connectivity index (χ4v) is 2.79. The number of aromatic nitrogens is 1. The molecule has 120 valence electrons. The molecule has 1 amide bonds. The molecule has 22 heavy (non-hydrogen) atoms. The van der Waals surface area contributed by atoms with Crippen LogP contribution in [0.3, 0.4) is 0 Å². The van der Waals surface area contributed by atoms with Gasteiger partial charge < -0.3 is 9.64 Å². The molecule has 0 saturated carbocycles. The molecule has 7 heteroatoms. The summed E-state index contributed by atoms with van der Waals surface area (Å²) >= 11 is 11.8. The number of ether oxygens (including phenoxy) is 1. The average Bonchev–Trinajstić information content (AvgIpc) is 2.98. The van der Waals surface area contributed by atoms with Crippen LogP contribution in [0.25, 0.3) is 0 Å². The van der Waals surface area contributed by atoms with Gasteiger partial charge in [-0.15, -0.1) is 0 Å². The second kappa shape index (κ2) is 7.79. The Morgan fingerprint density at radius 1 is 1.41 bits per heavy atom. The van der Waals surface area contributed by atoms with Crippen molar-refractivity contribution in [1.29, 1.82) is 0 Å². The molecule has 1 aromatic rings. The molecule has 1 aliphatic rings. The number of hydrogen-bond acceptors (Lipinski definition) is 4. The molecule has 5 nitrogen and oxygen atoms in total. The summed E-state index contributed by atoms with van der Waals surface area (Å²) in [6, 6.07) is 2.67. The standard InChI is InChI=1S/C15H18Cl2N2O3/c1-2-4-14(20)19-8-3-5-12(19)15(21)22-9-11-10(16)6-7-13(17)18-11/h6-7,12H,2-5,8-9H2,1H3/t12-/m1/s1. The summed E-state index contributed by atoms with van der Waals surface area (Å²) in [5, 5.41) is 0.679. The molecule has 0 N–H and O–H groups in total. The summed E-state index contributed by atoms with van der Waals surface area (Å²) in [7, 11) is 0. The van der Waals surface area contributed by atoms with Crippen LogP contribution in [0.1, 0.15) is 38.3 Å². The van der Waals surface area contributed by atoms with E-state index in [0.717, 1.165) is 12.8 Å². The maximum Gasteiger partial charge on any atom is 0.329 e. The van der Waals surface area contributed by atoms with Gasteiger partial charge in [0.05, 0.1) is 10.7 Å². The third-order valence-corrected chi connectivity index (χ3v) is 4.10. The van der Waals surface area contributed by atoms with E-state index in [9.17, 15) is 9.59 Å². The Kier molecular flexibility index (Phi) is 6.03. The monoisotopic (exact) mass is 344 g/mol. The zero-order valence-corrected chi connectivity index (χ0v) is 13.9. The second-order valence-electron chi connectivity index (χ2n) is 5.17. The van der Waals surface area contributed by atoms with E-state index in [1.54, 1.807) is 17.0 Å². The van der Waals surface area contributed by atoms with Crippen LogP contribution < -0.4 is 0 Å². The van der Waals surface area contributed by atoms with E-state index in [0.29, 0.717) is 30.1 Å². The highest BCUT2D eigenvalue weighted by Gasteiger charge is 2.34. The van der Waals surface area contributed by atoms with Gasteiger partial charge in [-0.3, -0.25) is 4.79 Å². The summed E-state index contributed by atoms with van der Waals surface area (Å²) in [6.07, 6.45) is 2.65. The highest BCUT2D eigenvalue weighted by atomic mass is 35.5. The minimum atomic E-state index is -0.503. The van der Waals surface area contributed by atoms with Gasteiger partial charge in [0.1, 0.15) is 17.8 Å². The fourth-order valence-electron chi connectivity index (χ4n) is 2.46. The van der Waals surface area contributed by atoms with Crippen molar-refractivity contribution in [2.75, 3.05) is 6.54 Å². The molecule has 0 aliphatic carbocycles. The SMILES string of the molecule is CCCC(=O)N1CCC[C@@H]1C(=O)OCc1nc(Cl)ccc1Cl. The zero-order valence-electron chi connectivity index (χ0n) is 12.3. The lowest BCUT2D eigenvalue weighted by atomic mass is 10.2. The van der Waals surface area contributed by atoms with Crippen LogP contribution in [0, 0.1) is 0 Å². The van der Waals surface area contributed by atoms with Crippen molar-refractivity contribution in [2.24, 2.45) is 0 Å². The molecule has 2 heterocycles. The summed E-state index contributed by atoms with van der Waals surface area (Å²) in [5.74, 6) is -0.416. The third-order valence-electron chi connectivity index (χ3n) is 3.54.